The van der Waals surface area contributed by atoms with Crippen molar-refractivity contribution >= 4 is 29.0 Å². The predicted octanol–water partition coefficient (Wildman–Crippen LogP) is 1.74. The lowest BCUT2D eigenvalue weighted by Crippen LogP contribution is -2.19. The molecule has 7 heteroatoms. The Balaban J connectivity index is 3.14. The Kier molecular flexibility index (Phi) is 2.88. The molecular weight excluding hydrogens is 210 g/mol. The van der Waals surface area contributed by atoms with Gasteiger partial charge in [-0.25, -0.2) is 4.79 Å². The van der Waals surface area contributed by atoms with E-state index in [1.807, 2.05) is 0 Å². The molecule has 0 spiro atoms. The van der Waals surface area contributed by atoms with E-state index in [1.54, 1.807) is 0 Å². The van der Waals surface area contributed by atoms with Gasteiger partial charge in [0.05, 0.1) is 4.92 Å². The van der Waals surface area contributed by atoms with Gasteiger partial charge in [0, 0.05) is 11.1 Å². The summed E-state index contributed by atoms with van der Waals surface area (Å²) in [6.07, 6.45) is 0. The molecular formula is C7H6ClN3O3. The lowest BCUT2D eigenvalue weighted by atomic mass is 10.2. The molecule has 1 aromatic rings. The maximum Gasteiger partial charge on any atom is 0.316 e. The van der Waals surface area contributed by atoms with Crippen molar-refractivity contribution in [3.8, 4) is 0 Å². The molecule has 0 saturated carbocycles. The van der Waals surface area contributed by atoms with E-state index in [0.29, 0.717) is 0 Å². The van der Waals surface area contributed by atoms with Gasteiger partial charge in [-0.3, -0.25) is 10.1 Å². The largest absolute Gasteiger partial charge is 0.351 e. The van der Waals surface area contributed by atoms with Gasteiger partial charge in [-0.05, 0) is 12.1 Å². The standard InChI is InChI=1S/C7H6ClN3O3/c8-4-1-2-5(10-7(9)12)6(3-4)11(13)14/h1-3H,(H3,9,10,12). The van der Waals surface area contributed by atoms with Crippen LogP contribution in [0.3, 0.4) is 0 Å². The van der Waals surface area contributed by atoms with Crippen LogP contribution in [0.15, 0.2) is 18.2 Å². The fourth-order valence-corrected chi connectivity index (χ4v) is 1.06. The molecule has 0 unspecified atom stereocenters. The number of rotatable bonds is 2. The van der Waals surface area contributed by atoms with Crippen LogP contribution in [0.2, 0.25) is 5.02 Å². The number of nitro groups is 1. The van der Waals surface area contributed by atoms with Gasteiger partial charge in [-0.15, -0.1) is 0 Å². The predicted molar refractivity (Wildman–Crippen MR) is 51.3 cm³/mol. The molecule has 0 heterocycles. The molecule has 74 valence electrons. The van der Waals surface area contributed by atoms with Gasteiger partial charge < -0.3 is 11.1 Å². The summed E-state index contributed by atoms with van der Waals surface area (Å²) in [5.74, 6) is 0. The van der Waals surface area contributed by atoms with Crippen molar-refractivity contribution in [1.29, 1.82) is 0 Å². The second-order valence-corrected chi connectivity index (χ2v) is 2.84. The first-order valence-electron chi connectivity index (χ1n) is 3.51. The Bertz CT molecular complexity index is 394. The maximum absolute atomic E-state index is 10.5. The van der Waals surface area contributed by atoms with Gasteiger partial charge >= 0.3 is 6.03 Å². The number of amides is 2. The lowest BCUT2D eigenvalue weighted by molar-refractivity contribution is -0.383. The summed E-state index contributed by atoms with van der Waals surface area (Å²) >= 11 is 5.55. The number of anilines is 1. The third kappa shape index (κ3) is 2.33. The van der Waals surface area contributed by atoms with Gasteiger partial charge in [-0.2, -0.15) is 0 Å². The quantitative estimate of drug-likeness (QED) is 0.581. The zero-order chi connectivity index (χ0) is 10.7. The number of nitro benzene ring substituents is 1. The van der Waals surface area contributed by atoms with E-state index in [-0.39, 0.29) is 16.4 Å². The molecule has 0 aliphatic carbocycles. The van der Waals surface area contributed by atoms with Crippen molar-refractivity contribution in [2.24, 2.45) is 5.73 Å². The third-order valence-electron chi connectivity index (χ3n) is 1.41. The molecule has 14 heavy (non-hydrogen) atoms. The average Bonchev–Trinajstić information content (AvgIpc) is 2.07. The number of urea groups is 1. The zero-order valence-corrected chi connectivity index (χ0v) is 7.62. The number of primary amides is 1. The van der Waals surface area contributed by atoms with Crippen LogP contribution in [0.5, 0.6) is 0 Å². The van der Waals surface area contributed by atoms with Gasteiger partial charge in [0.25, 0.3) is 5.69 Å². The van der Waals surface area contributed by atoms with Gasteiger partial charge in [-0.1, -0.05) is 11.6 Å². The molecule has 3 N–H and O–H groups in total. The number of nitrogens with zero attached hydrogens (tertiary/aromatic N) is 1. The number of hydrogen-bond donors (Lipinski definition) is 2. The fraction of sp³-hybridized carbons (Fsp3) is 0. The molecule has 0 fully saturated rings. The highest BCUT2D eigenvalue weighted by molar-refractivity contribution is 6.31. The number of benzene rings is 1. The molecule has 1 rings (SSSR count). The lowest BCUT2D eigenvalue weighted by Gasteiger charge is -2.02. The van der Waals surface area contributed by atoms with Crippen LogP contribution in [0.25, 0.3) is 0 Å². The van der Waals surface area contributed by atoms with E-state index in [9.17, 15) is 14.9 Å². The SMILES string of the molecule is NC(=O)Nc1ccc(Cl)cc1[N+](=O)[O-]. The number of carbonyl (C=O) groups is 1. The van der Waals surface area contributed by atoms with E-state index in [2.05, 4.69) is 5.32 Å². The fourth-order valence-electron chi connectivity index (χ4n) is 0.894. The minimum atomic E-state index is -0.865. The van der Waals surface area contributed by atoms with E-state index in [4.69, 9.17) is 17.3 Å². The molecule has 0 atom stereocenters. The topological polar surface area (TPSA) is 98.3 Å². The Morgan fingerprint density at radius 2 is 2.21 bits per heavy atom. The monoisotopic (exact) mass is 215 g/mol. The van der Waals surface area contributed by atoms with E-state index >= 15 is 0 Å². The van der Waals surface area contributed by atoms with Crippen LogP contribution < -0.4 is 11.1 Å². The Morgan fingerprint density at radius 3 is 2.71 bits per heavy atom. The molecule has 2 amide bonds. The number of carbonyl (C=O) groups excluding carboxylic acids is 1. The third-order valence-corrected chi connectivity index (χ3v) is 1.65. The Morgan fingerprint density at radius 1 is 1.57 bits per heavy atom. The number of hydrogen-bond acceptors (Lipinski definition) is 3. The van der Waals surface area contributed by atoms with E-state index in [1.165, 1.54) is 12.1 Å². The van der Waals surface area contributed by atoms with Crippen LogP contribution in [0.4, 0.5) is 16.2 Å². The maximum atomic E-state index is 10.5. The average molecular weight is 216 g/mol. The van der Waals surface area contributed by atoms with Crippen molar-refractivity contribution in [1.82, 2.24) is 0 Å². The van der Waals surface area contributed by atoms with Crippen molar-refractivity contribution in [2.75, 3.05) is 5.32 Å². The molecule has 0 bridgehead atoms. The van der Waals surface area contributed by atoms with Crippen LogP contribution in [-0.2, 0) is 0 Å². The molecule has 0 radical (unpaired) electrons. The molecule has 0 aromatic heterocycles. The smallest absolute Gasteiger partial charge is 0.316 e. The molecule has 0 saturated heterocycles. The van der Waals surface area contributed by atoms with Crippen molar-refractivity contribution in [3.63, 3.8) is 0 Å². The minimum absolute atomic E-state index is 0.0203. The van der Waals surface area contributed by atoms with Gasteiger partial charge in [0.15, 0.2) is 0 Å². The normalized spacial score (nSPS) is 9.50. The second kappa shape index (κ2) is 3.93. The summed E-state index contributed by atoms with van der Waals surface area (Å²) in [7, 11) is 0. The highest BCUT2D eigenvalue weighted by Crippen LogP contribution is 2.27. The highest BCUT2D eigenvalue weighted by atomic mass is 35.5. The summed E-state index contributed by atoms with van der Waals surface area (Å²) < 4.78 is 0. The molecule has 0 aliphatic rings. The summed E-state index contributed by atoms with van der Waals surface area (Å²) in [4.78, 5) is 20.3. The summed E-state index contributed by atoms with van der Waals surface area (Å²) in [5, 5.41) is 12.8. The Hall–Kier alpha value is -1.82. The van der Waals surface area contributed by atoms with Crippen LogP contribution in [-0.4, -0.2) is 11.0 Å². The molecule has 1 aromatic carbocycles. The van der Waals surface area contributed by atoms with E-state index < -0.39 is 11.0 Å². The van der Waals surface area contributed by atoms with Crippen LogP contribution in [0, 0.1) is 10.1 Å². The van der Waals surface area contributed by atoms with Crippen molar-refractivity contribution in [3.05, 3.63) is 33.3 Å². The summed E-state index contributed by atoms with van der Waals surface area (Å²) in [5.41, 5.74) is 4.55. The Labute approximate surface area is 83.8 Å². The van der Waals surface area contributed by atoms with Crippen LogP contribution in [0.1, 0.15) is 0 Å². The molecule has 6 nitrogen and oxygen atoms in total. The summed E-state index contributed by atoms with van der Waals surface area (Å²) in [6.45, 7) is 0. The van der Waals surface area contributed by atoms with Crippen LogP contribution >= 0.6 is 11.6 Å². The second-order valence-electron chi connectivity index (χ2n) is 2.41. The minimum Gasteiger partial charge on any atom is -0.351 e. The number of nitrogens with two attached hydrogens (primary N) is 1. The first-order valence-corrected chi connectivity index (χ1v) is 3.89. The number of nitrogens with one attached hydrogen (secondary N) is 1. The summed E-state index contributed by atoms with van der Waals surface area (Å²) in [6, 6.07) is 2.99. The highest BCUT2D eigenvalue weighted by Gasteiger charge is 2.14. The zero-order valence-electron chi connectivity index (χ0n) is 6.86. The number of halogens is 1. The van der Waals surface area contributed by atoms with Crippen molar-refractivity contribution in [2.45, 2.75) is 0 Å². The van der Waals surface area contributed by atoms with Gasteiger partial charge in [0.1, 0.15) is 5.69 Å². The van der Waals surface area contributed by atoms with Gasteiger partial charge in [0.2, 0.25) is 0 Å². The van der Waals surface area contributed by atoms with E-state index in [0.717, 1.165) is 6.07 Å². The van der Waals surface area contributed by atoms with Crippen molar-refractivity contribution < 1.29 is 9.72 Å². The molecule has 0 aliphatic heterocycles. The first kappa shape index (κ1) is 10.3. The first-order chi connectivity index (χ1) is 6.50.